The van der Waals surface area contributed by atoms with Crippen LogP contribution in [0.1, 0.15) is 5.56 Å². The predicted molar refractivity (Wildman–Crippen MR) is 78.8 cm³/mol. The number of amides is 1. The van der Waals surface area contributed by atoms with Crippen LogP contribution < -0.4 is 5.32 Å². The Morgan fingerprint density at radius 2 is 2.15 bits per heavy atom. The summed E-state index contributed by atoms with van der Waals surface area (Å²) in [6.45, 7) is 5.83. The number of piperazine rings is 1. The maximum Gasteiger partial charge on any atom is 0.226 e. The number of carbonyl (C=O) groups is 1. The molecule has 0 radical (unpaired) electrons. The van der Waals surface area contributed by atoms with Gasteiger partial charge in [-0.05, 0) is 17.7 Å². The lowest BCUT2D eigenvalue weighted by atomic mass is 10.1. The normalized spacial score (nSPS) is 16.1. The van der Waals surface area contributed by atoms with E-state index in [2.05, 4.69) is 10.2 Å². The maximum absolute atomic E-state index is 12.1. The predicted octanol–water partition coefficient (Wildman–Crippen LogP) is 0.298. The smallest absolute Gasteiger partial charge is 0.226 e. The lowest BCUT2D eigenvalue weighted by Gasteiger charge is -2.29. The minimum atomic E-state index is 0.0886. The number of rotatable bonds is 5. The number of carbonyl (C=O) groups excluding carboxylic acids is 1. The second-order valence-corrected chi connectivity index (χ2v) is 5.25. The number of nitrogens with one attached hydrogen (secondary N) is 1. The molecule has 0 aliphatic carbocycles. The van der Waals surface area contributed by atoms with Gasteiger partial charge in [0.15, 0.2) is 0 Å². The molecule has 5 heteroatoms. The van der Waals surface area contributed by atoms with Crippen molar-refractivity contribution in [1.29, 1.82) is 0 Å². The number of hydrogen-bond donors (Lipinski definition) is 2. The van der Waals surface area contributed by atoms with Gasteiger partial charge in [0, 0.05) is 46.3 Å². The molecule has 0 atom stereocenters. The van der Waals surface area contributed by atoms with Crippen LogP contribution in [0.3, 0.4) is 0 Å². The van der Waals surface area contributed by atoms with Crippen LogP contribution in [-0.4, -0.2) is 67.1 Å². The molecule has 0 aromatic heterocycles. The Bertz CT molecular complexity index is 444. The van der Waals surface area contributed by atoms with Gasteiger partial charge < -0.3 is 15.3 Å². The molecule has 2 N–H and O–H groups in total. The fourth-order valence-corrected chi connectivity index (χ4v) is 2.33. The van der Waals surface area contributed by atoms with Crippen LogP contribution in [0.2, 0.25) is 0 Å². The van der Waals surface area contributed by atoms with Gasteiger partial charge in [-0.1, -0.05) is 12.1 Å². The highest BCUT2D eigenvalue weighted by atomic mass is 16.3. The molecule has 0 unspecified atom stereocenters. The van der Waals surface area contributed by atoms with Crippen LogP contribution in [0.4, 0.5) is 0 Å². The first-order valence-electron chi connectivity index (χ1n) is 7.10. The molecule has 0 bridgehead atoms. The summed E-state index contributed by atoms with van der Waals surface area (Å²) in [7, 11) is 1.84. The summed E-state index contributed by atoms with van der Waals surface area (Å²) in [5.74, 6) is 0.296. The number of phenols is 1. The van der Waals surface area contributed by atoms with Crippen LogP contribution in [0.15, 0.2) is 24.3 Å². The molecule has 0 spiro atoms. The van der Waals surface area contributed by atoms with E-state index < -0.39 is 0 Å². The molecule has 1 aromatic rings. The Hall–Kier alpha value is -1.59. The van der Waals surface area contributed by atoms with E-state index in [1.54, 1.807) is 23.1 Å². The minimum Gasteiger partial charge on any atom is -0.508 e. The van der Waals surface area contributed by atoms with E-state index in [0.29, 0.717) is 6.42 Å². The number of phenolic OH excluding ortho intramolecular Hbond substituents is 1. The Kier molecular flexibility index (Phi) is 5.38. The molecule has 1 amide bonds. The molecule has 1 heterocycles. The molecule has 110 valence electrons. The summed E-state index contributed by atoms with van der Waals surface area (Å²) in [6.07, 6.45) is 0.340. The fourth-order valence-electron chi connectivity index (χ4n) is 2.33. The topological polar surface area (TPSA) is 55.8 Å². The van der Waals surface area contributed by atoms with Crippen molar-refractivity contribution in [3.8, 4) is 5.75 Å². The van der Waals surface area contributed by atoms with Crippen molar-refractivity contribution in [3.63, 3.8) is 0 Å². The SMILES string of the molecule is CN(CCN1CCNCC1)C(=O)Cc1cccc(O)c1. The zero-order valence-corrected chi connectivity index (χ0v) is 12.0. The first-order chi connectivity index (χ1) is 9.65. The van der Waals surface area contributed by atoms with Gasteiger partial charge in [0.25, 0.3) is 0 Å². The summed E-state index contributed by atoms with van der Waals surface area (Å²) >= 11 is 0. The fraction of sp³-hybridized carbons (Fsp3) is 0.533. The molecule has 1 saturated heterocycles. The van der Waals surface area contributed by atoms with Crippen molar-refractivity contribution >= 4 is 5.91 Å². The van der Waals surface area contributed by atoms with Crippen LogP contribution in [0.5, 0.6) is 5.75 Å². The number of hydrogen-bond acceptors (Lipinski definition) is 4. The summed E-state index contributed by atoms with van der Waals surface area (Å²) in [5.41, 5.74) is 0.851. The van der Waals surface area contributed by atoms with E-state index >= 15 is 0 Å². The second kappa shape index (κ2) is 7.26. The Morgan fingerprint density at radius 3 is 2.85 bits per heavy atom. The van der Waals surface area contributed by atoms with Crippen LogP contribution in [-0.2, 0) is 11.2 Å². The standard InChI is InChI=1S/C15H23N3O2/c1-17(9-10-18-7-5-16-6-8-18)15(20)12-13-3-2-4-14(19)11-13/h2-4,11,16,19H,5-10,12H2,1H3. The minimum absolute atomic E-state index is 0.0886. The molecule has 1 aromatic carbocycles. The van der Waals surface area contributed by atoms with E-state index in [9.17, 15) is 9.90 Å². The van der Waals surface area contributed by atoms with Crippen LogP contribution in [0, 0.1) is 0 Å². The highest BCUT2D eigenvalue weighted by Gasteiger charge is 2.13. The van der Waals surface area contributed by atoms with Gasteiger partial charge in [-0.25, -0.2) is 0 Å². The largest absolute Gasteiger partial charge is 0.508 e. The molecule has 0 saturated carbocycles. The summed E-state index contributed by atoms with van der Waals surface area (Å²) in [5, 5.41) is 12.7. The first kappa shape index (κ1) is 14.8. The van der Waals surface area contributed by atoms with Crippen molar-refractivity contribution in [2.75, 3.05) is 46.3 Å². The van der Waals surface area contributed by atoms with Crippen LogP contribution >= 0.6 is 0 Å². The molecule has 1 fully saturated rings. The van der Waals surface area contributed by atoms with Crippen molar-refractivity contribution in [3.05, 3.63) is 29.8 Å². The van der Waals surface area contributed by atoms with Crippen molar-refractivity contribution in [2.24, 2.45) is 0 Å². The number of likely N-dealkylation sites (N-methyl/N-ethyl adjacent to an activating group) is 1. The Labute approximate surface area is 120 Å². The van der Waals surface area contributed by atoms with E-state index in [0.717, 1.165) is 44.8 Å². The highest BCUT2D eigenvalue weighted by Crippen LogP contribution is 2.12. The van der Waals surface area contributed by atoms with Gasteiger partial charge in [-0.15, -0.1) is 0 Å². The van der Waals surface area contributed by atoms with Gasteiger partial charge in [0.05, 0.1) is 6.42 Å². The monoisotopic (exact) mass is 277 g/mol. The highest BCUT2D eigenvalue weighted by molar-refractivity contribution is 5.78. The van der Waals surface area contributed by atoms with Crippen LogP contribution in [0.25, 0.3) is 0 Å². The van der Waals surface area contributed by atoms with Gasteiger partial charge in [-0.3, -0.25) is 9.69 Å². The van der Waals surface area contributed by atoms with Crippen molar-refractivity contribution in [2.45, 2.75) is 6.42 Å². The van der Waals surface area contributed by atoms with Gasteiger partial charge >= 0.3 is 0 Å². The third-order valence-corrected chi connectivity index (χ3v) is 3.65. The van der Waals surface area contributed by atoms with Crippen molar-refractivity contribution in [1.82, 2.24) is 15.1 Å². The average Bonchev–Trinajstić information content (AvgIpc) is 2.46. The zero-order valence-electron chi connectivity index (χ0n) is 12.0. The van der Waals surface area contributed by atoms with E-state index in [-0.39, 0.29) is 11.7 Å². The molecule has 1 aliphatic rings. The first-order valence-corrected chi connectivity index (χ1v) is 7.10. The molecular formula is C15H23N3O2. The number of nitrogens with zero attached hydrogens (tertiary/aromatic N) is 2. The molecule has 5 nitrogen and oxygen atoms in total. The zero-order chi connectivity index (χ0) is 14.4. The molecular weight excluding hydrogens is 254 g/mol. The molecule has 1 aliphatic heterocycles. The third kappa shape index (κ3) is 4.51. The number of aromatic hydroxyl groups is 1. The number of benzene rings is 1. The third-order valence-electron chi connectivity index (χ3n) is 3.65. The Balaban J connectivity index is 1.76. The molecule has 2 rings (SSSR count). The van der Waals surface area contributed by atoms with Gasteiger partial charge in [0.1, 0.15) is 5.75 Å². The lowest BCUT2D eigenvalue weighted by molar-refractivity contribution is -0.129. The Morgan fingerprint density at radius 1 is 1.40 bits per heavy atom. The summed E-state index contributed by atoms with van der Waals surface area (Å²) < 4.78 is 0. The van der Waals surface area contributed by atoms with E-state index in [1.165, 1.54) is 0 Å². The average molecular weight is 277 g/mol. The quantitative estimate of drug-likeness (QED) is 0.813. The maximum atomic E-state index is 12.1. The molecule has 20 heavy (non-hydrogen) atoms. The second-order valence-electron chi connectivity index (χ2n) is 5.25. The summed E-state index contributed by atoms with van der Waals surface area (Å²) in [4.78, 5) is 16.2. The van der Waals surface area contributed by atoms with Gasteiger partial charge in [-0.2, -0.15) is 0 Å². The van der Waals surface area contributed by atoms with E-state index in [1.807, 2.05) is 13.1 Å². The van der Waals surface area contributed by atoms with Crippen molar-refractivity contribution < 1.29 is 9.90 Å². The summed E-state index contributed by atoms with van der Waals surface area (Å²) in [6, 6.07) is 6.88. The van der Waals surface area contributed by atoms with Gasteiger partial charge in [0.2, 0.25) is 5.91 Å². The lowest BCUT2D eigenvalue weighted by Crippen LogP contribution is -2.46. The van der Waals surface area contributed by atoms with E-state index in [4.69, 9.17) is 0 Å².